The number of rotatable bonds is 3. The normalized spacial score (nSPS) is 21.4. The molecule has 1 saturated heterocycles. The molecule has 0 bridgehead atoms. The van der Waals surface area contributed by atoms with Crippen molar-refractivity contribution >= 4 is 21.6 Å². The highest BCUT2D eigenvalue weighted by Gasteiger charge is 2.18. The Labute approximate surface area is 125 Å². The molecule has 1 atom stereocenters. The second-order valence-electron chi connectivity index (χ2n) is 5.87. The first-order chi connectivity index (χ1) is 9.06. The summed E-state index contributed by atoms with van der Waals surface area (Å²) in [5.41, 5.74) is 2.53. The van der Waals surface area contributed by atoms with E-state index in [4.69, 9.17) is 0 Å². The summed E-state index contributed by atoms with van der Waals surface area (Å²) in [4.78, 5) is 2.59. The highest BCUT2D eigenvalue weighted by Crippen LogP contribution is 2.23. The summed E-state index contributed by atoms with van der Waals surface area (Å²) in [6.07, 6.45) is 3.81. The SMILES string of the molecule is Cc1ccc(NC2CCCN(C(C)C)CC2)cc1Br. The monoisotopic (exact) mass is 324 g/mol. The fourth-order valence-electron chi connectivity index (χ4n) is 2.70. The van der Waals surface area contributed by atoms with Gasteiger partial charge >= 0.3 is 0 Å². The maximum absolute atomic E-state index is 3.69. The van der Waals surface area contributed by atoms with Gasteiger partial charge in [0.1, 0.15) is 0 Å². The third-order valence-corrected chi connectivity index (χ3v) is 4.89. The molecule has 106 valence electrons. The fraction of sp³-hybridized carbons (Fsp3) is 0.625. The summed E-state index contributed by atoms with van der Waals surface area (Å²) < 4.78 is 1.19. The molecule has 1 heterocycles. The van der Waals surface area contributed by atoms with E-state index in [0.717, 1.165) is 0 Å². The standard InChI is InChI=1S/C16H25BrN2/c1-12(2)19-9-4-5-14(8-10-19)18-15-7-6-13(3)16(17)11-15/h6-7,11-12,14,18H,4-5,8-10H2,1-3H3. The van der Waals surface area contributed by atoms with E-state index in [1.54, 1.807) is 0 Å². The van der Waals surface area contributed by atoms with E-state index in [1.165, 1.54) is 48.1 Å². The molecule has 0 aromatic heterocycles. The zero-order valence-corrected chi connectivity index (χ0v) is 13.8. The van der Waals surface area contributed by atoms with Crippen molar-refractivity contribution in [3.63, 3.8) is 0 Å². The Hall–Kier alpha value is -0.540. The topological polar surface area (TPSA) is 15.3 Å². The van der Waals surface area contributed by atoms with Crippen LogP contribution in [0, 0.1) is 6.92 Å². The van der Waals surface area contributed by atoms with Gasteiger partial charge in [-0.3, -0.25) is 0 Å². The summed E-state index contributed by atoms with van der Waals surface area (Å²) >= 11 is 3.61. The molecule has 0 radical (unpaired) electrons. The summed E-state index contributed by atoms with van der Waals surface area (Å²) in [7, 11) is 0. The molecule has 1 aromatic rings. The Balaban J connectivity index is 1.94. The highest BCUT2D eigenvalue weighted by atomic mass is 79.9. The molecule has 1 N–H and O–H groups in total. The number of hydrogen-bond acceptors (Lipinski definition) is 2. The molecule has 0 saturated carbocycles. The van der Waals surface area contributed by atoms with E-state index < -0.39 is 0 Å². The molecule has 19 heavy (non-hydrogen) atoms. The molecular weight excluding hydrogens is 300 g/mol. The van der Waals surface area contributed by atoms with Gasteiger partial charge in [-0.2, -0.15) is 0 Å². The minimum absolute atomic E-state index is 0.610. The maximum atomic E-state index is 3.69. The van der Waals surface area contributed by atoms with Crippen LogP contribution in [0.1, 0.15) is 38.7 Å². The minimum Gasteiger partial charge on any atom is -0.382 e. The molecule has 1 aromatic carbocycles. The van der Waals surface area contributed by atoms with Crippen LogP contribution >= 0.6 is 15.9 Å². The third kappa shape index (κ3) is 4.22. The Kier molecular flexibility index (Phi) is 5.28. The number of likely N-dealkylation sites (tertiary alicyclic amines) is 1. The molecule has 0 aliphatic carbocycles. The predicted octanol–water partition coefficient (Wildman–Crippen LogP) is 4.43. The zero-order valence-electron chi connectivity index (χ0n) is 12.2. The van der Waals surface area contributed by atoms with Gasteiger partial charge in [0.2, 0.25) is 0 Å². The van der Waals surface area contributed by atoms with Crippen molar-refractivity contribution in [2.75, 3.05) is 18.4 Å². The predicted molar refractivity (Wildman–Crippen MR) is 86.8 cm³/mol. The van der Waals surface area contributed by atoms with Crippen LogP contribution in [-0.4, -0.2) is 30.1 Å². The van der Waals surface area contributed by atoms with Gasteiger partial charge in [0, 0.05) is 28.8 Å². The Morgan fingerprint density at radius 3 is 2.74 bits per heavy atom. The number of nitrogens with one attached hydrogen (secondary N) is 1. The summed E-state index contributed by atoms with van der Waals surface area (Å²) in [6.45, 7) is 9.17. The van der Waals surface area contributed by atoms with Gasteiger partial charge in [0.25, 0.3) is 0 Å². The lowest BCUT2D eigenvalue weighted by atomic mass is 10.1. The van der Waals surface area contributed by atoms with E-state index >= 15 is 0 Å². The van der Waals surface area contributed by atoms with Crippen LogP contribution < -0.4 is 5.32 Å². The lowest BCUT2D eigenvalue weighted by Crippen LogP contribution is -2.32. The molecule has 1 aliphatic heterocycles. The number of benzene rings is 1. The fourth-order valence-corrected chi connectivity index (χ4v) is 3.08. The molecule has 1 fully saturated rings. The second-order valence-corrected chi connectivity index (χ2v) is 6.72. The number of halogens is 1. The van der Waals surface area contributed by atoms with E-state index in [1.807, 2.05) is 0 Å². The minimum atomic E-state index is 0.610. The van der Waals surface area contributed by atoms with Crippen molar-refractivity contribution in [2.45, 2.75) is 52.1 Å². The number of hydrogen-bond donors (Lipinski definition) is 1. The van der Waals surface area contributed by atoms with Crippen molar-refractivity contribution in [2.24, 2.45) is 0 Å². The highest BCUT2D eigenvalue weighted by molar-refractivity contribution is 9.10. The average molecular weight is 325 g/mol. The van der Waals surface area contributed by atoms with Crippen molar-refractivity contribution in [1.29, 1.82) is 0 Å². The van der Waals surface area contributed by atoms with Gasteiger partial charge in [-0.1, -0.05) is 22.0 Å². The van der Waals surface area contributed by atoms with Gasteiger partial charge in [-0.15, -0.1) is 0 Å². The molecule has 2 nitrogen and oxygen atoms in total. The van der Waals surface area contributed by atoms with Crippen LogP contribution in [0.15, 0.2) is 22.7 Å². The summed E-state index contributed by atoms with van der Waals surface area (Å²) in [5, 5.41) is 3.69. The Morgan fingerprint density at radius 2 is 2.05 bits per heavy atom. The molecule has 0 amide bonds. The van der Waals surface area contributed by atoms with Gasteiger partial charge < -0.3 is 10.2 Å². The summed E-state index contributed by atoms with van der Waals surface area (Å²) in [6, 6.07) is 7.83. The Morgan fingerprint density at radius 1 is 1.26 bits per heavy atom. The van der Waals surface area contributed by atoms with Crippen molar-refractivity contribution in [1.82, 2.24) is 4.90 Å². The van der Waals surface area contributed by atoms with Crippen LogP contribution in [0.25, 0.3) is 0 Å². The molecule has 3 heteroatoms. The van der Waals surface area contributed by atoms with E-state index in [2.05, 4.69) is 65.1 Å². The van der Waals surface area contributed by atoms with Crippen molar-refractivity contribution < 1.29 is 0 Å². The lowest BCUT2D eigenvalue weighted by molar-refractivity contribution is 0.230. The van der Waals surface area contributed by atoms with Gasteiger partial charge in [-0.05, 0) is 64.3 Å². The third-order valence-electron chi connectivity index (χ3n) is 4.04. The van der Waals surface area contributed by atoms with Crippen LogP contribution in [0.2, 0.25) is 0 Å². The van der Waals surface area contributed by atoms with Crippen LogP contribution in [-0.2, 0) is 0 Å². The van der Waals surface area contributed by atoms with Crippen molar-refractivity contribution in [3.05, 3.63) is 28.2 Å². The van der Waals surface area contributed by atoms with Gasteiger partial charge in [0.05, 0.1) is 0 Å². The molecule has 0 spiro atoms. The van der Waals surface area contributed by atoms with E-state index in [9.17, 15) is 0 Å². The lowest BCUT2D eigenvalue weighted by Gasteiger charge is -2.24. The smallest absolute Gasteiger partial charge is 0.0353 e. The largest absolute Gasteiger partial charge is 0.382 e. The zero-order chi connectivity index (χ0) is 13.8. The van der Waals surface area contributed by atoms with Crippen LogP contribution in [0.5, 0.6) is 0 Å². The molecular formula is C16H25BrN2. The first kappa shape index (κ1) is 14.9. The summed E-state index contributed by atoms with van der Waals surface area (Å²) in [5.74, 6) is 0. The van der Waals surface area contributed by atoms with E-state index in [-0.39, 0.29) is 0 Å². The number of nitrogens with zero attached hydrogens (tertiary/aromatic N) is 1. The first-order valence-corrected chi connectivity index (χ1v) is 8.12. The second kappa shape index (κ2) is 6.76. The van der Waals surface area contributed by atoms with Crippen LogP contribution in [0.3, 0.4) is 0 Å². The van der Waals surface area contributed by atoms with Crippen molar-refractivity contribution in [3.8, 4) is 0 Å². The average Bonchev–Trinajstić information content (AvgIpc) is 2.59. The number of aryl methyl sites for hydroxylation is 1. The molecule has 1 unspecified atom stereocenters. The van der Waals surface area contributed by atoms with Crippen LogP contribution in [0.4, 0.5) is 5.69 Å². The van der Waals surface area contributed by atoms with Gasteiger partial charge in [0.15, 0.2) is 0 Å². The molecule has 2 rings (SSSR count). The number of anilines is 1. The maximum Gasteiger partial charge on any atom is 0.0353 e. The molecule has 1 aliphatic rings. The Bertz CT molecular complexity index is 417. The van der Waals surface area contributed by atoms with Gasteiger partial charge in [-0.25, -0.2) is 0 Å². The van der Waals surface area contributed by atoms with E-state index in [0.29, 0.717) is 12.1 Å². The quantitative estimate of drug-likeness (QED) is 0.884. The first-order valence-electron chi connectivity index (χ1n) is 7.33.